The van der Waals surface area contributed by atoms with Crippen LogP contribution in [0.4, 0.5) is 10.2 Å². The third-order valence-corrected chi connectivity index (χ3v) is 6.32. The molecule has 0 saturated carbocycles. The SMILES string of the molecule is CN(c1cnc(-c2ccc(-c3nc(C#N)n(C)n3)cc2O)nn1)[C@@H]1C[C@@H]2CC[C@@H](N2)[C@@H]1F. The van der Waals surface area contributed by atoms with Crippen LogP contribution in [0.1, 0.15) is 25.1 Å². The lowest BCUT2D eigenvalue weighted by Gasteiger charge is -2.38. The molecule has 5 rings (SSSR count). The van der Waals surface area contributed by atoms with Crippen molar-refractivity contribution >= 4 is 5.82 Å². The van der Waals surface area contributed by atoms with Crippen LogP contribution in [-0.4, -0.2) is 66.4 Å². The molecule has 2 aliphatic heterocycles. The van der Waals surface area contributed by atoms with Crippen molar-refractivity contribution in [3.05, 3.63) is 30.2 Å². The molecule has 32 heavy (non-hydrogen) atoms. The average molecular weight is 435 g/mol. The number of piperidine rings is 1. The second kappa shape index (κ2) is 7.80. The minimum Gasteiger partial charge on any atom is -0.507 e. The fourth-order valence-corrected chi connectivity index (χ4v) is 4.54. The van der Waals surface area contributed by atoms with E-state index in [1.165, 1.54) is 10.7 Å². The van der Waals surface area contributed by atoms with Crippen molar-refractivity contribution < 1.29 is 9.50 Å². The van der Waals surface area contributed by atoms with Crippen LogP contribution in [0.5, 0.6) is 5.75 Å². The van der Waals surface area contributed by atoms with Crippen molar-refractivity contribution in [2.24, 2.45) is 7.05 Å². The standard InChI is InChI=1S/C21H22FN9O/c1-30(15-8-12-4-6-14(25-12)19(15)22)18-10-24-21(28-27-18)13-5-3-11(7-16(13)32)20-26-17(9-23)31(2)29-20/h3,5,7,10,12,14-15,19,25,32H,4,6,8H2,1-2H3/t12-,14+,15+,19-/m0/s1. The van der Waals surface area contributed by atoms with Gasteiger partial charge >= 0.3 is 0 Å². The maximum Gasteiger partial charge on any atom is 0.231 e. The topological polar surface area (TPSA) is 129 Å². The van der Waals surface area contributed by atoms with Gasteiger partial charge in [-0.2, -0.15) is 15.3 Å². The quantitative estimate of drug-likeness (QED) is 0.627. The number of hydrogen-bond acceptors (Lipinski definition) is 9. The average Bonchev–Trinajstić information content (AvgIpc) is 3.39. The number of nitrogens with zero attached hydrogens (tertiary/aromatic N) is 8. The van der Waals surface area contributed by atoms with Gasteiger partial charge in [0.15, 0.2) is 17.5 Å². The predicted molar refractivity (Wildman–Crippen MR) is 113 cm³/mol. The number of rotatable bonds is 4. The molecule has 0 unspecified atom stereocenters. The second-order valence-electron chi connectivity index (χ2n) is 8.27. The van der Waals surface area contributed by atoms with Crippen LogP contribution in [0, 0.1) is 11.3 Å². The van der Waals surface area contributed by atoms with E-state index in [2.05, 4.69) is 30.6 Å². The van der Waals surface area contributed by atoms with Gasteiger partial charge in [0.1, 0.15) is 18.0 Å². The van der Waals surface area contributed by atoms with E-state index in [4.69, 9.17) is 5.26 Å². The van der Waals surface area contributed by atoms with Crippen LogP contribution in [0.25, 0.3) is 22.8 Å². The molecule has 2 saturated heterocycles. The maximum absolute atomic E-state index is 14.9. The number of alkyl halides is 1. The summed E-state index contributed by atoms with van der Waals surface area (Å²) in [6.07, 6.45) is 3.15. The molecular formula is C21H22FN9O. The lowest BCUT2D eigenvalue weighted by atomic mass is 9.96. The molecule has 10 nitrogen and oxygen atoms in total. The Labute approximate surface area is 183 Å². The number of phenolic OH excluding ortho intramolecular Hbond substituents is 1. The molecule has 0 aliphatic carbocycles. The van der Waals surface area contributed by atoms with Gasteiger partial charge in [-0.05, 0) is 31.4 Å². The summed E-state index contributed by atoms with van der Waals surface area (Å²) in [7, 11) is 3.44. The largest absolute Gasteiger partial charge is 0.507 e. The molecule has 2 bridgehead atoms. The van der Waals surface area contributed by atoms with Crippen LogP contribution in [0.2, 0.25) is 0 Å². The Bertz CT molecular complexity index is 1190. The van der Waals surface area contributed by atoms with Crippen LogP contribution in [-0.2, 0) is 7.05 Å². The van der Waals surface area contributed by atoms with E-state index >= 15 is 0 Å². The molecule has 4 heterocycles. The Hall–Kier alpha value is -3.65. The number of fused-ring (bicyclic) bond motifs is 2. The molecule has 2 N–H and O–H groups in total. The summed E-state index contributed by atoms with van der Waals surface area (Å²) in [6.45, 7) is 0. The normalized spacial score (nSPS) is 24.3. The highest BCUT2D eigenvalue weighted by molar-refractivity contribution is 5.70. The summed E-state index contributed by atoms with van der Waals surface area (Å²) in [5.74, 6) is 1.18. The minimum absolute atomic E-state index is 0.0601. The minimum atomic E-state index is -0.974. The fourth-order valence-electron chi connectivity index (χ4n) is 4.54. The van der Waals surface area contributed by atoms with Gasteiger partial charge in [0.2, 0.25) is 5.82 Å². The van der Waals surface area contributed by atoms with Crippen LogP contribution in [0.3, 0.4) is 0 Å². The molecular weight excluding hydrogens is 413 g/mol. The first kappa shape index (κ1) is 20.3. The third-order valence-electron chi connectivity index (χ3n) is 6.32. The molecule has 4 atom stereocenters. The van der Waals surface area contributed by atoms with E-state index in [0.29, 0.717) is 28.8 Å². The number of aromatic hydroxyl groups is 1. The maximum atomic E-state index is 14.9. The van der Waals surface area contributed by atoms with E-state index in [-0.39, 0.29) is 29.5 Å². The Morgan fingerprint density at radius 3 is 2.81 bits per heavy atom. The molecule has 2 aromatic heterocycles. The fraction of sp³-hybridized carbons (Fsp3) is 0.429. The summed E-state index contributed by atoms with van der Waals surface area (Å²) < 4.78 is 16.2. The number of phenols is 1. The van der Waals surface area contributed by atoms with Crippen molar-refractivity contribution in [1.29, 1.82) is 5.26 Å². The first-order chi connectivity index (χ1) is 15.4. The lowest BCUT2D eigenvalue weighted by Crippen LogP contribution is -2.55. The monoisotopic (exact) mass is 435 g/mol. The van der Waals surface area contributed by atoms with Crippen LogP contribution < -0.4 is 10.2 Å². The summed E-state index contributed by atoms with van der Waals surface area (Å²) in [4.78, 5) is 10.3. The smallest absolute Gasteiger partial charge is 0.231 e. The van der Waals surface area contributed by atoms with Gasteiger partial charge in [-0.3, -0.25) is 0 Å². The van der Waals surface area contributed by atoms with Crippen molar-refractivity contribution in [1.82, 2.24) is 35.3 Å². The summed E-state index contributed by atoms with van der Waals surface area (Å²) in [5, 5.41) is 35.5. The Kier molecular flexibility index (Phi) is 4.94. The number of nitriles is 1. The van der Waals surface area contributed by atoms with Gasteiger partial charge in [-0.15, -0.1) is 10.2 Å². The number of benzene rings is 1. The number of hydrogen-bond donors (Lipinski definition) is 2. The van der Waals surface area contributed by atoms with E-state index in [9.17, 15) is 9.50 Å². The molecule has 0 radical (unpaired) electrons. The van der Waals surface area contributed by atoms with E-state index < -0.39 is 6.17 Å². The molecule has 0 spiro atoms. The van der Waals surface area contributed by atoms with Gasteiger partial charge in [-0.25, -0.2) is 14.1 Å². The molecule has 2 fully saturated rings. The molecule has 1 aromatic carbocycles. The highest BCUT2D eigenvalue weighted by Gasteiger charge is 2.43. The van der Waals surface area contributed by atoms with Gasteiger partial charge in [0, 0.05) is 31.7 Å². The Morgan fingerprint density at radius 1 is 1.28 bits per heavy atom. The molecule has 164 valence electrons. The highest BCUT2D eigenvalue weighted by atomic mass is 19.1. The molecule has 0 amide bonds. The molecule has 2 aliphatic rings. The Balaban J connectivity index is 1.36. The zero-order valence-corrected chi connectivity index (χ0v) is 17.6. The number of aromatic nitrogens is 6. The van der Waals surface area contributed by atoms with Crippen molar-refractivity contribution in [3.8, 4) is 34.6 Å². The predicted octanol–water partition coefficient (Wildman–Crippen LogP) is 1.58. The zero-order chi connectivity index (χ0) is 22.4. The number of nitrogens with one attached hydrogen (secondary N) is 1. The zero-order valence-electron chi connectivity index (χ0n) is 17.6. The van der Waals surface area contributed by atoms with Gasteiger partial charge in [0.25, 0.3) is 0 Å². The summed E-state index contributed by atoms with van der Waals surface area (Å²) in [5.41, 5.74) is 0.956. The first-order valence-electron chi connectivity index (χ1n) is 10.4. The molecule has 3 aromatic rings. The molecule has 11 heteroatoms. The van der Waals surface area contributed by atoms with Crippen LogP contribution in [0.15, 0.2) is 24.4 Å². The second-order valence-corrected chi connectivity index (χ2v) is 8.27. The van der Waals surface area contributed by atoms with Gasteiger partial charge in [-0.1, -0.05) is 6.07 Å². The number of aryl methyl sites for hydroxylation is 1. The summed E-state index contributed by atoms with van der Waals surface area (Å²) in [6, 6.07) is 6.78. The van der Waals surface area contributed by atoms with Crippen LogP contribution >= 0.6 is 0 Å². The van der Waals surface area contributed by atoms with E-state index in [0.717, 1.165) is 19.3 Å². The number of anilines is 1. The van der Waals surface area contributed by atoms with E-state index in [1.807, 2.05) is 18.0 Å². The van der Waals surface area contributed by atoms with Crippen molar-refractivity contribution in [2.45, 2.75) is 43.6 Å². The van der Waals surface area contributed by atoms with E-state index in [1.54, 1.807) is 25.4 Å². The highest BCUT2D eigenvalue weighted by Crippen LogP contribution is 2.34. The third kappa shape index (κ3) is 3.42. The van der Waals surface area contributed by atoms with Gasteiger partial charge in [0.05, 0.1) is 17.8 Å². The number of halogens is 1. The first-order valence-corrected chi connectivity index (χ1v) is 10.4. The Morgan fingerprint density at radius 2 is 2.12 bits per heavy atom. The lowest BCUT2D eigenvalue weighted by molar-refractivity contribution is 0.176. The summed E-state index contributed by atoms with van der Waals surface area (Å²) >= 11 is 0. The van der Waals surface area contributed by atoms with Gasteiger partial charge < -0.3 is 15.3 Å². The van der Waals surface area contributed by atoms with Crippen molar-refractivity contribution in [2.75, 3.05) is 11.9 Å². The van der Waals surface area contributed by atoms with Crippen molar-refractivity contribution in [3.63, 3.8) is 0 Å².